The normalized spacial score (nSPS) is 15.4. The highest BCUT2D eigenvalue weighted by atomic mass is 16.7. The molecule has 2 aromatic heterocycles. The van der Waals surface area contributed by atoms with Gasteiger partial charge in [0.25, 0.3) is 5.91 Å². The minimum absolute atomic E-state index is 0.0234. The fourth-order valence-electron chi connectivity index (χ4n) is 5.02. The van der Waals surface area contributed by atoms with Crippen LogP contribution in [0.5, 0.6) is 11.5 Å². The van der Waals surface area contributed by atoms with E-state index in [4.69, 9.17) is 19.0 Å². The Labute approximate surface area is 216 Å². The molecule has 8 nitrogen and oxygen atoms in total. The molecule has 190 valence electrons. The molecule has 0 aliphatic carbocycles. The first-order chi connectivity index (χ1) is 17.9. The first-order valence-corrected chi connectivity index (χ1v) is 12.6. The molecule has 0 unspecified atom stereocenters. The van der Waals surface area contributed by atoms with Crippen LogP contribution in [-0.2, 0) is 6.54 Å². The van der Waals surface area contributed by atoms with Crippen LogP contribution in [0.15, 0.2) is 59.0 Å². The van der Waals surface area contributed by atoms with E-state index in [0.717, 1.165) is 48.1 Å². The molecule has 0 spiro atoms. The van der Waals surface area contributed by atoms with Gasteiger partial charge in [0.1, 0.15) is 17.1 Å². The second-order valence-electron chi connectivity index (χ2n) is 9.78. The van der Waals surface area contributed by atoms with E-state index >= 15 is 0 Å². The average Bonchev–Trinajstić information content (AvgIpc) is 3.63. The zero-order valence-corrected chi connectivity index (χ0v) is 21.4. The molecular formula is C29H30N4O4. The van der Waals surface area contributed by atoms with Crippen LogP contribution in [0.4, 0.5) is 0 Å². The van der Waals surface area contributed by atoms with Gasteiger partial charge in [0.2, 0.25) is 6.79 Å². The summed E-state index contributed by atoms with van der Waals surface area (Å²) in [5.41, 5.74) is 5.49. The molecule has 0 bridgehead atoms. The molecule has 6 rings (SSSR count). The van der Waals surface area contributed by atoms with Crippen molar-refractivity contribution >= 4 is 5.91 Å². The number of amides is 1. The van der Waals surface area contributed by atoms with Crippen molar-refractivity contribution in [3.05, 3.63) is 82.7 Å². The van der Waals surface area contributed by atoms with E-state index in [1.165, 1.54) is 11.1 Å². The first-order valence-electron chi connectivity index (χ1n) is 12.6. The van der Waals surface area contributed by atoms with E-state index in [-0.39, 0.29) is 12.7 Å². The summed E-state index contributed by atoms with van der Waals surface area (Å²) >= 11 is 0. The zero-order valence-electron chi connectivity index (χ0n) is 21.4. The molecule has 2 aromatic carbocycles. The van der Waals surface area contributed by atoms with Gasteiger partial charge in [-0.25, -0.2) is 4.68 Å². The van der Waals surface area contributed by atoms with Crippen molar-refractivity contribution in [3.63, 3.8) is 0 Å². The molecule has 1 fully saturated rings. The second kappa shape index (κ2) is 9.44. The predicted molar refractivity (Wildman–Crippen MR) is 139 cm³/mol. The zero-order chi connectivity index (χ0) is 25.5. The van der Waals surface area contributed by atoms with Crippen LogP contribution >= 0.6 is 0 Å². The van der Waals surface area contributed by atoms with Gasteiger partial charge < -0.3 is 18.8 Å². The molecule has 1 saturated heterocycles. The molecule has 0 saturated carbocycles. The standard InChI is InChI=1S/C29H30N4O4/c1-19-4-7-24(20(2)14-19)33-25(16-23(30-33)26-8-5-21(3)37-26)29(34)32-12-10-31(11-13-32)17-22-6-9-27-28(15-22)36-18-35-27/h4-9,14-16H,10-13,17-18H2,1-3H3. The molecule has 0 atom stereocenters. The highest BCUT2D eigenvalue weighted by Crippen LogP contribution is 2.33. The summed E-state index contributed by atoms with van der Waals surface area (Å²) in [5.74, 6) is 3.04. The van der Waals surface area contributed by atoms with E-state index < -0.39 is 0 Å². The lowest BCUT2D eigenvalue weighted by Gasteiger charge is -2.34. The van der Waals surface area contributed by atoms with Gasteiger partial charge in [0.15, 0.2) is 17.3 Å². The Bertz CT molecular complexity index is 1460. The van der Waals surface area contributed by atoms with Gasteiger partial charge in [0, 0.05) is 38.8 Å². The number of aryl methyl sites for hydroxylation is 3. The predicted octanol–water partition coefficient (Wildman–Crippen LogP) is 4.74. The number of carbonyl (C=O) groups excluding carboxylic acids is 1. The number of furan rings is 1. The summed E-state index contributed by atoms with van der Waals surface area (Å²) in [6, 6.07) is 17.9. The maximum Gasteiger partial charge on any atom is 0.272 e. The van der Waals surface area contributed by atoms with Gasteiger partial charge in [0.05, 0.1) is 5.69 Å². The molecule has 0 radical (unpaired) electrons. The van der Waals surface area contributed by atoms with E-state index in [2.05, 4.69) is 24.0 Å². The Morgan fingerprint density at radius 3 is 2.46 bits per heavy atom. The molecule has 1 amide bonds. The number of rotatable bonds is 5. The van der Waals surface area contributed by atoms with Crippen LogP contribution < -0.4 is 9.47 Å². The first kappa shape index (κ1) is 23.4. The van der Waals surface area contributed by atoms with Crippen molar-refractivity contribution in [2.24, 2.45) is 0 Å². The molecule has 2 aliphatic rings. The highest BCUT2D eigenvalue weighted by Gasteiger charge is 2.27. The Morgan fingerprint density at radius 2 is 1.70 bits per heavy atom. The van der Waals surface area contributed by atoms with Gasteiger partial charge in [-0.1, -0.05) is 23.8 Å². The lowest BCUT2D eigenvalue weighted by atomic mass is 10.1. The van der Waals surface area contributed by atoms with Crippen LogP contribution in [0.25, 0.3) is 17.1 Å². The van der Waals surface area contributed by atoms with Crippen LogP contribution in [0.2, 0.25) is 0 Å². The van der Waals surface area contributed by atoms with E-state index in [9.17, 15) is 4.79 Å². The van der Waals surface area contributed by atoms with Crippen molar-refractivity contribution in [2.75, 3.05) is 33.0 Å². The van der Waals surface area contributed by atoms with Crippen molar-refractivity contribution in [1.29, 1.82) is 0 Å². The van der Waals surface area contributed by atoms with Gasteiger partial charge in [-0.3, -0.25) is 9.69 Å². The number of aromatic nitrogens is 2. The number of nitrogens with zero attached hydrogens (tertiary/aromatic N) is 4. The third-order valence-corrected chi connectivity index (χ3v) is 7.00. The van der Waals surface area contributed by atoms with E-state index in [1.807, 2.05) is 61.2 Å². The lowest BCUT2D eigenvalue weighted by molar-refractivity contribution is 0.0619. The van der Waals surface area contributed by atoms with Crippen molar-refractivity contribution < 1.29 is 18.7 Å². The minimum Gasteiger partial charge on any atom is -0.460 e. The fourth-order valence-corrected chi connectivity index (χ4v) is 5.02. The number of hydrogen-bond acceptors (Lipinski definition) is 6. The quantitative estimate of drug-likeness (QED) is 0.396. The second-order valence-corrected chi connectivity index (χ2v) is 9.78. The summed E-state index contributed by atoms with van der Waals surface area (Å²) in [6.45, 7) is 9.98. The van der Waals surface area contributed by atoms with Gasteiger partial charge in [-0.15, -0.1) is 0 Å². The molecule has 4 aromatic rings. The third-order valence-electron chi connectivity index (χ3n) is 7.00. The van der Waals surface area contributed by atoms with Crippen LogP contribution in [-0.4, -0.2) is 58.5 Å². The monoisotopic (exact) mass is 498 g/mol. The Hall–Kier alpha value is -4.04. The number of hydrogen-bond donors (Lipinski definition) is 0. The Balaban J connectivity index is 1.22. The largest absolute Gasteiger partial charge is 0.460 e. The van der Waals surface area contributed by atoms with E-state index in [0.29, 0.717) is 30.2 Å². The summed E-state index contributed by atoms with van der Waals surface area (Å²) in [4.78, 5) is 18.1. The lowest BCUT2D eigenvalue weighted by Crippen LogP contribution is -2.48. The number of carbonyl (C=O) groups is 1. The summed E-state index contributed by atoms with van der Waals surface area (Å²) in [6.07, 6.45) is 0. The molecule has 37 heavy (non-hydrogen) atoms. The maximum atomic E-state index is 13.8. The summed E-state index contributed by atoms with van der Waals surface area (Å²) in [7, 11) is 0. The fraction of sp³-hybridized carbons (Fsp3) is 0.310. The number of piperazine rings is 1. The van der Waals surface area contributed by atoms with Gasteiger partial charge >= 0.3 is 0 Å². The third kappa shape index (κ3) is 4.60. The minimum atomic E-state index is -0.0234. The Morgan fingerprint density at radius 1 is 0.892 bits per heavy atom. The van der Waals surface area contributed by atoms with Gasteiger partial charge in [-0.2, -0.15) is 5.10 Å². The average molecular weight is 499 g/mol. The topological polar surface area (TPSA) is 73.0 Å². The Kier molecular flexibility index (Phi) is 5.96. The molecule has 0 N–H and O–H groups in total. The van der Waals surface area contributed by atoms with E-state index in [1.54, 1.807) is 4.68 Å². The number of benzene rings is 2. The van der Waals surface area contributed by atoms with Crippen LogP contribution in [0.3, 0.4) is 0 Å². The smallest absolute Gasteiger partial charge is 0.272 e. The van der Waals surface area contributed by atoms with Crippen LogP contribution in [0.1, 0.15) is 32.9 Å². The molecule has 4 heterocycles. The maximum absolute atomic E-state index is 13.8. The SMILES string of the molecule is Cc1ccc(-n2nc(-c3ccc(C)o3)cc2C(=O)N2CCN(Cc3ccc4c(c3)OCO4)CC2)c(C)c1. The highest BCUT2D eigenvalue weighted by molar-refractivity contribution is 5.94. The molecule has 8 heteroatoms. The number of ether oxygens (including phenoxy) is 2. The summed E-state index contributed by atoms with van der Waals surface area (Å²) < 4.78 is 18.5. The van der Waals surface area contributed by atoms with Crippen molar-refractivity contribution in [2.45, 2.75) is 27.3 Å². The number of fused-ring (bicyclic) bond motifs is 1. The molecular weight excluding hydrogens is 468 g/mol. The molecule has 2 aliphatic heterocycles. The van der Waals surface area contributed by atoms with Crippen molar-refractivity contribution in [3.8, 4) is 28.6 Å². The summed E-state index contributed by atoms with van der Waals surface area (Å²) in [5, 5.41) is 4.81. The van der Waals surface area contributed by atoms with Gasteiger partial charge in [-0.05, 0) is 62.2 Å². The van der Waals surface area contributed by atoms with Crippen LogP contribution in [0, 0.1) is 20.8 Å². The van der Waals surface area contributed by atoms with Crippen molar-refractivity contribution in [1.82, 2.24) is 19.6 Å².